The maximum Gasteiger partial charge on any atom is 0.241 e. The third kappa shape index (κ3) is 2.78. The van der Waals surface area contributed by atoms with Crippen LogP contribution in [0.2, 0.25) is 0 Å². The predicted molar refractivity (Wildman–Crippen MR) is 57.6 cm³/mol. The van der Waals surface area contributed by atoms with E-state index in [9.17, 15) is 4.79 Å². The van der Waals surface area contributed by atoms with Crippen molar-refractivity contribution in [2.45, 2.75) is 12.8 Å². The van der Waals surface area contributed by atoms with Gasteiger partial charge in [-0.25, -0.2) is 10.4 Å². The Bertz CT molecular complexity index is 330. The lowest BCUT2D eigenvalue weighted by molar-refractivity contribution is -0.123. The van der Waals surface area contributed by atoms with Crippen molar-refractivity contribution in [3.8, 4) is 0 Å². The zero-order chi connectivity index (χ0) is 10.6. The van der Waals surface area contributed by atoms with Crippen molar-refractivity contribution in [1.82, 2.24) is 15.8 Å². The van der Waals surface area contributed by atoms with Crippen LogP contribution in [0.5, 0.6) is 0 Å². The summed E-state index contributed by atoms with van der Waals surface area (Å²) in [6.45, 7) is 1.84. The van der Waals surface area contributed by atoms with E-state index in [0.29, 0.717) is 0 Å². The molecule has 0 saturated heterocycles. The SMILES string of the molecule is CNNC(=O)C(C)c1ccnc(Br)c1. The summed E-state index contributed by atoms with van der Waals surface area (Å²) in [4.78, 5) is 15.4. The molecular formula is C9H12BrN3O. The quantitative estimate of drug-likeness (QED) is 0.632. The minimum atomic E-state index is -0.193. The Labute approximate surface area is 91.2 Å². The molecule has 1 aromatic heterocycles. The normalized spacial score (nSPS) is 12.2. The molecule has 2 N–H and O–H groups in total. The maximum absolute atomic E-state index is 11.4. The lowest BCUT2D eigenvalue weighted by Gasteiger charge is -2.11. The highest BCUT2D eigenvalue weighted by molar-refractivity contribution is 9.10. The molecule has 76 valence electrons. The van der Waals surface area contributed by atoms with Crippen molar-refractivity contribution < 1.29 is 4.79 Å². The van der Waals surface area contributed by atoms with Crippen LogP contribution in [0.1, 0.15) is 18.4 Å². The van der Waals surface area contributed by atoms with Gasteiger partial charge in [-0.15, -0.1) is 0 Å². The number of hydrazine groups is 1. The summed E-state index contributed by atoms with van der Waals surface area (Å²) >= 11 is 3.26. The zero-order valence-electron chi connectivity index (χ0n) is 8.04. The van der Waals surface area contributed by atoms with Crippen molar-refractivity contribution in [2.24, 2.45) is 0 Å². The number of halogens is 1. The van der Waals surface area contributed by atoms with Crippen LogP contribution in [0.25, 0.3) is 0 Å². The van der Waals surface area contributed by atoms with Gasteiger partial charge in [0.25, 0.3) is 0 Å². The molecule has 1 atom stereocenters. The molecule has 1 aromatic rings. The molecule has 0 aliphatic carbocycles. The van der Waals surface area contributed by atoms with Gasteiger partial charge in [0.15, 0.2) is 0 Å². The molecule has 5 heteroatoms. The van der Waals surface area contributed by atoms with Gasteiger partial charge < -0.3 is 0 Å². The van der Waals surface area contributed by atoms with Gasteiger partial charge in [0.05, 0.1) is 5.92 Å². The Hall–Kier alpha value is -0.940. The number of pyridine rings is 1. The van der Waals surface area contributed by atoms with Crippen LogP contribution in [0.4, 0.5) is 0 Å². The van der Waals surface area contributed by atoms with Crippen molar-refractivity contribution in [2.75, 3.05) is 7.05 Å². The van der Waals surface area contributed by atoms with Gasteiger partial charge in [-0.1, -0.05) is 0 Å². The molecule has 1 amide bonds. The van der Waals surface area contributed by atoms with Crippen molar-refractivity contribution in [3.63, 3.8) is 0 Å². The molecular weight excluding hydrogens is 246 g/mol. The standard InChI is InChI=1S/C9H12BrN3O/c1-6(9(14)13-11-2)7-3-4-12-8(10)5-7/h3-6,11H,1-2H3,(H,13,14). The van der Waals surface area contributed by atoms with E-state index in [1.807, 2.05) is 19.1 Å². The number of nitrogens with one attached hydrogen (secondary N) is 2. The molecule has 0 spiro atoms. The molecule has 0 aliphatic rings. The van der Waals surface area contributed by atoms with Crippen molar-refractivity contribution in [3.05, 3.63) is 28.5 Å². The fourth-order valence-electron chi connectivity index (χ4n) is 1.07. The van der Waals surface area contributed by atoms with Crippen LogP contribution in [0.15, 0.2) is 22.9 Å². The van der Waals surface area contributed by atoms with E-state index >= 15 is 0 Å². The number of nitrogens with zero attached hydrogens (tertiary/aromatic N) is 1. The summed E-state index contributed by atoms with van der Waals surface area (Å²) in [7, 11) is 1.66. The fourth-order valence-corrected chi connectivity index (χ4v) is 1.45. The topological polar surface area (TPSA) is 54.0 Å². The maximum atomic E-state index is 11.4. The first-order valence-electron chi connectivity index (χ1n) is 4.23. The van der Waals surface area contributed by atoms with E-state index in [-0.39, 0.29) is 11.8 Å². The van der Waals surface area contributed by atoms with Crippen LogP contribution < -0.4 is 10.9 Å². The molecule has 0 aliphatic heterocycles. The smallest absolute Gasteiger partial charge is 0.241 e. The molecule has 14 heavy (non-hydrogen) atoms. The molecule has 0 saturated carbocycles. The van der Waals surface area contributed by atoms with E-state index in [2.05, 4.69) is 31.8 Å². The summed E-state index contributed by atoms with van der Waals surface area (Å²) in [5.74, 6) is -0.257. The van der Waals surface area contributed by atoms with Crippen LogP contribution in [-0.4, -0.2) is 17.9 Å². The Kier molecular flexibility index (Phi) is 4.03. The summed E-state index contributed by atoms with van der Waals surface area (Å²) in [5, 5.41) is 0. The van der Waals surface area contributed by atoms with Crippen LogP contribution in [0.3, 0.4) is 0 Å². The summed E-state index contributed by atoms with van der Waals surface area (Å²) in [6, 6.07) is 3.66. The average molecular weight is 258 g/mol. The largest absolute Gasteiger partial charge is 0.291 e. The molecule has 1 rings (SSSR count). The molecule has 0 aromatic carbocycles. The molecule has 0 fully saturated rings. The number of rotatable bonds is 3. The van der Waals surface area contributed by atoms with Crippen LogP contribution >= 0.6 is 15.9 Å². The van der Waals surface area contributed by atoms with E-state index in [1.165, 1.54) is 0 Å². The highest BCUT2D eigenvalue weighted by Gasteiger charge is 2.14. The van der Waals surface area contributed by atoms with Gasteiger partial charge in [0.1, 0.15) is 4.60 Å². The van der Waals surface area contributed by atoms with Gasteiger partial charge in [0, 0.05) is 13.2 Å². The average Bonchev–Trinajstić information content (AvgIpc) is 2.17. The number of aromatic nitrogens is 1. The first-order valence-corrected chi connectivity index (χ1v) is 5.02. The second kappa shape index (κ2) is 5.07. The van der Waals surface area contributed by atoms with Gasteiger partial charge in [-0.3, -0.25) is 10.2 Å². The lowest BCUT2D eigenvalue weighted by Crippen LogP contribution is -2.37. The highest BCUT2D eigenvalue weighted by atomic mass is 79.9. The van der Waals surface area contributed by atoms with E-state index in [4.69, 9.17) is 0 Å². The second-order valence-corrected chi connectivity index (χ2v) is 3.69. The van der Waals surface area contributed by atoms with Crippen LogP contribution in [-0.2, 0) is 4.79 Å². The van der Waals surface area contributed by atoms with E-state index < -0.39 is 0 Å². The number of amides is 1. The van der Waals surface area contributed by atoms with Gasteiger partial charge in [0.2, 0.25) is 5.91 Å². The van der Waals surface area contributed by atoms with Gasteiger partial charge in [-0.05, 0) is 40.5 Å². The van der Waals surface area contributed by atoms with Crippen molar-refractivity contribution in [1.29, 1.82) is 0 Å². The van der Waals surface area contributed by atoms with E-state index in [1.54, 1.807) is 13.2 Å². The fraction of sp³-hybridized carbons (Fsp3) is 0.333. The highest BCUT2D eigenvalue weighted by Crippen LogP contribution is 2.17. The predicted octanol–water partition coefficient (Wildman–Crippen LogP) is 1.20. The van der Waals surface area contributed by atoms with Crippen LogP contribution in [0, 0.1) is 0 Å². The number of carbonyl (C=O) groups excluding carboxylic acids is 1. The lowest BCUT2D eigenvalue weighted by atomic mass is 10.0. The molecule has 0 bridgehead atoms. The summed E-state index contributed by atoms with van der Waals surface area (Å²) in [6.07, 6.45) is 1.67. The molecule has 4 nitrogen and oxygen atoms in total. The van der Waals surface area contributed by atoms with E-state index in [0.717, 1.165) is 10.2 Å². The minimum Gasteiger partial charge on any atom is -0.291 e. The zero-order valence-corrected chi connectivity index (χ0v) is 9.63. The first-order chi connectivity index (χ1) is 6.65. The second-order valence-electron chi connectivity index (χ2n) is 2.87. The third-order valence-electron chi connectivity index (χ3n) is 1.89. The molecule has 1 heterocycles. The third-order valence-corrected chi connectivity index (χ3v) is 2.33. The number of hydrogen-bond acceptors (Lipinski definition) is 3. The minimum absolute atomic E-state index is 0.0643. The Morgan fingerprint density at radius 1 is 1.64 bits per heavy atom. The number of carbonyl (C=O) groups is 1. The Morgan fingerprint density at radius 3 is 2.93 bits per heavy atom. The molecule has 1 unspecified atom stereocenters. The summed E-state index contributed by atoms with van der Waals surface area (Å²) < 4.78 is 0.735. The Balaban J connectivity index is 2.78. The van der Waals surface area contributed by atoms with Gasteiger partial charge in [-0.2, -0.15) is 0 Å². The summed E-state index contributed by atoms with van der Waals surface area (Å²) in [5.41, 5.74) is 6.07. The molecule has 0 radical (unpaired) electrons. The first kappa shape index (κ1) is 11.1. The van der Waals surface area contributed by atoms with Gasteiger partial charge >= 0.3 is 0 Å². The Morgan fingerprint density at radius 2 is 2.36 bits per heavy atom. The van der Waals surface area contributed by atoms with Crippen molar-refractivity contribution >= 4 is 21.8 Å². The monoisotopic (exact) mass is 257 g/mol. The number of hydrogen-bond donors (Lipinski definition) is 2.